The van der Waals surface area contributed by atoms with Crippen molar-refractivity contribution in [3.63, 3.8) is 0 Å². The van der Waals surface area contributed by atoms with Crippen LogP contribution in [0.2, 0.25) is 0 Å². The van der Waals surface area contributed by atoms with Gasteiger partial charge in [0.25, 0.3) is 0 Å². The molecule has 8 heteroatoms. The highest BCUT2D eigenvalue weighted by atomic mass is 32.2. The molecule has 24 heavy (non-hydrogen) atoms. The summed E-state index contributed by atoms with van der Waals surface area (Å²) in [6.45, 7) is 4.97. The number of sulfonamides is 1. The predicted molar refractivity (Wildman–Crippen MR) is 95.5 cm³/mol. The van der Waals surface area contributed by atoms with E-state index in [9.17, 15) is 13.2 Å². The first-order valence-corrected chi connectivity index (χ1v) is 10.8. The highest BCUT2D eigenvalue weighted by molar-refractivity contribution is 7.88. The predicted octanol–water partition coefficient (Wildman–Crippen LogP) is 0.880. The van der Waals surface area contributed by atoms with Crippen LogP contribution in [0.25, 0.3) is 0 Å². The number of carbonyl (C=O) groups is 1. The molecule has 1 atom stereocenters. The lowest BCUT2D eigenvalue weighted by Gasteiger charge is -2.39. The molecule has 140 valence electrons. The summed E-state index contributed by atoms with van der Waals surface area (Å²) >= 11 is 0. The number of carbonyl (C=O) groups excluding carboxylic acids is 1. The van der Waals surface area contributed by atoms with Gasteiger partial charge in [0, 0.05) is 39.8 Å². The standard InChI is InChI=1S/C16H32N4O3S/c1-17(2)16(21)19-12-6-8-15(14-19)20(24(3,22)23)13-7-11-18-9-4-5-10-18/h15H,4-14H2,1-3H3. The maximum absolute atomic E-state index is 12.3. The Morgan fingerprint density at radius 1 is 1.12 bits per heavy atom. The van der Waals surface area contributed by atoms with E-state index in [1.54, 1.807) is 28.2 Å². The molecular weight excluding hydrogens is 328 g/mol. The summed E-state index contributed by atoms with van der Waals surface area (Å²) in [5.41, 5.74) is 0. The number of urea groups is 1. The van der Waals surface area contributed by atoms with E-state index in [-0.39, 0.29) is 12.1 Å². The zero-order valence-corrected chi connectivity index (χ0v) is 16.1. The highest BCUT2D eigenvalue weighted by Crippen LogP contribution is 2.20. The van der Waals surface area contributed by atoms with Crippen molar-refractivity contribution in [2.45, 2.75) is 38.1 Å². The van der Waals surface area contributed by atoms with E-state index in [1.807, 2.05) is 0 Å². The SMILES string of the molecule is CN(C)C(=O)N1CCCC(N(CCCN2CCCC2)S(C)(=O)=O)C1. The first kappa shape index (κ1) is 19.5. The Morgan fingerprint density at radius 2 is 1.79 bits per heavy atom. The van der Waals surface area contributed by atoms with E-state index < -0.39 is 10.0 Å². The quantitative estimate of drug-likeness (QED) is 0.705. The number of likely N-dealkylation sites (tertiary alicyclic amines) is 2. The molecule has 2 aliphatic rings. The first-order valence-electron chi connectivity index (χ1n) is 8.94. The van der Waals surface area contributed by atoms with Crippen molar-refractivity contribution in [1.29, 1.82) is 0 Å². The van der Waals surface area contributed by atoms with Gasteiger partial charge in [0.15, 0.2) is 0 Å². The molecule has 7 nitrogen and oxygen atoms in total. The van der Waals surface area contributed by atoms with Crippen molar-refractivity contribution in [1.82, 2.24) is 19.0 Å². The second kappa shape index (κ2) is 8.49. The Hall–Kier alpha value is -0.860. The smallest absolute Gasteiger partial charge is 0.319 e. The van der Waals surface area contributed by atoms with Gasteiger partial charge in [-0.3, -0.25) is 0 Å². The Morgan fingerprint density at radius 3 is 2.38 bits per heavy atom. The van der Waals surface area contributed by atoms with Crippen molar-refractivity contribution in [2.24, 2.45) is 0 Å². The largest absolute Gasteiger partial charge is 0.331 e. The van der Waals surface area contributed by atoms with Crippen LogP contribution in [0.4, 0.5) is 4.79 Å². The lowest BCUT2D eigenvalue weighted by atomic mass is 10.1. The van der Waals surface area contributed by atoms with Crippen LogP contribution in [0.3, 0.4) is 0 Å². The summed E-state index contributed by atoms with van der Waals surface area (Å²) < 4.78 is 26.2. The van der Waals surface area contributed by atoms with Crippen LogP contribution in [0.1, 0.15) is 32.1 Å². The van der Waals surface area contributed by atoms with Crippen LogP contribution in [0.15, 0.2) is 0 Å². The van der Waals surface area contributed by atoms with E-state index >= 15 is 0 Å². The molecule has 2 amide bonds. The van der Waals surface area contributed by atoms with Crippen LogP contribution < -0.4 is 0 Å². The number of amides is 2. The topological polar surface area (TPSA) is 64.2 Å². The third-order valence-corrected chi connectivity index (χ3v) is 6.27. The molecule has 0 saturated carbocycles. The van der Waals surface area contributed by atoms with E-state index in [2.05, 4.69) is 4.90 Å². The van der Waals surface area contributed by atoms with Crippen molar-refractivity contribution in [2.75, 3.05) is 59.6 Å². The minimum absolute atomic E-state index is 0.0368. The summed E-state index contributed by atoms with van der Waals surface area (Å²) in [6, 6.07) is -0.138. The number of piperidine rings is 1. The summed E-state index contributed by atoms with van der Waals surface area (Å²) in [4.78, 5) is 17.9. The molecule has 2 heterocycles. The maximum atomic E-state index is 12.3. The lowest BCUT2D eigenvalue weighted by Crippen LogP contribution is -2.53. The van der Waals surface area contributed by atoms with Crippen LogP contribution in [0.5, 0.6) is 0 Å². The average Bonchev–Trinajstić information content (AvgIpc) is 3.03. The summed E-state index contributed by atoms with van der Waals surface area (Å²) in [5, 5.41) is 0. The van der Waals surface area contributed by atoms with E-state index in [1.165, 1.54) is 19.1 Å². The fourth-order valence-corrected chi connectivity index (χ4v) is 4.90. The summed E-state index contributed by atoms with van der Waals surface area (Å²) in [5.74, 6) is 0. The number of hydrogen-bond acceptors (Lipinski definition) is 4. The van der Waals surface area contributed by atoms with E-state index in [0.29, 0.717) is 19.6 Å². The molecule has 0 radical (unpaired) electrons. The van der Waals surface area contributed by atoms with E-state index in [4.69, 9.17) is 0 Å². The Balaban J connectivity index is 1.94. The minimum atomic E-state index is -3.27. The van der Waals surface area contributed by atoms with Crippen LogP contribution >= 0.6 is 0 Å². The second-order valence-corrected chi connectivity index (χ2v) is 9.13. The van der Waals surface area contributed by atoms with Gasteiger partial charge in [-0.05, 0) is 51.7 Å². The molecule has 0 aromatic rings. The third kappa shape index (κ3) is 5.32. The molecular formula is C16H32N4O3S. The van der Waals surface area contributed by atoms with Crippen molar-refractivity contribution >= 4 is 16.1 Å². The van der Waals surface area contributed by atoms with Gasteiger partial charge in [-0.2, -0.15) is 4.31 Å². The average molecular weight is 361 g/mol. The zero-order valence-electron chi connectivity index (χ0n) is 15.3. The lowest BCUT2D eigenvalue weighted by molar-refractivity contribution is 0.130. The number of rotatable bonds is 6. The summed E-state index contributed by atoms with van der Waals surface area (Å²) in [6.07, 6.45) is 6.32. The van der Waals surface area contributed by atoms with Crippen LogP contribution in [-0.2, 0) is 10.0 Å². The number of hydrogen-bond donors (Lipinski definition) is 0. The summed E-state index contributed by atoms with van der Waals surface area (Å²) in [7, 11) is 0.198. The second-order valence-electron chi connectivity index (χ2n) is 7.20. The molecule has 0 aromatic heterocycles. The molecule has 0 aliphatic carbocycles. The van der Waals surface area contributed by atoms with Crippen molar-refractivity contribution < 1.29 is 13.2 Å². The molecule has 2 aliphatic heterocycles. The minimum Gasteiger partial charge on any atom is -0.331 e. The monoisotopic (exact) mass is 360 g/mol. The van der Waals surface area contributed by atoms with Gasteiger partial charge in [0.2, 0.25) is 10.0 Å². The normalized spacial score (nSPS) is 23.0. The maximum Gasteiger partial charge on any atom is 0.319 e. The molecule has 0 spiro atoms. The van der Waals surface area contributed by atoms with Gasteiger partial charge in [-0.25, -0.2) is 13.2 Å². The Kier molecular flexibility index (Phi) is 6.88. The van der Waals surface area contributed by atoms with Gasteiger partial charge in [0.05, 0.1) is 6.26 Å². The van der Waals surface area contributed by atoms with Crippen molar-refractivity contribution in [3.05, 3.63) is 0 Å². The fourth-order valence-electron chi connectivity index (χ4n) is 3.72. The van der Waals surface area contributed by atoms with Gasteiger partial charge >= 0.3 is 6.03 Å². The molecule has 2 rings (SSSR count). The molecule has 2 fully saturated rings. The first-order chi connectivity index (χ1) is 11.3. The van der Waals surface area contributed by atoms with Gasteiger partial charge in [0.1, 0.15) is 0 Å². The fraction of sp³-hybridized carbons (Fsp3) is 0.938. The molecule has 0 aromatic carbocycles. The van der Waals surface area contributed by atoms with Gasteiger partial charge in [-0.15, -0.1) is 0 Å². The Labute approximate surface area is 146 Å². The molecule has 1 unspecified atom stereocenters. The van der Waals surface area contributed by atoms with Gasteiger partial charge in [-0.1, -0.05) is 0 Å². The number of nitrogens with zero attached hydrogens (tertiary/aromatic N) is 4. The van der Waals surface area contributed by atoms with E-state index in [0.717, 1.165) is 38.9 Å². The van der Waals surface area contributed by atoms with Gasteiger partial charge < -0.3 is 14.7 Å². The third-order valence-electron chi connectivity index (χ3n) is 4.93. The van der Waals surface area contributed by atoms with Crippen LogP contribution in [-0.4, -0.2) is 99.1 Å². The van der Waals surface area contributed by atoms with Crippen molar-refractivity contribution in [3.8, 4) is 0 Å². The zero-order chi connectivity index (χ0) is 17.7. The Bertz CT molecular complexity index is 517. The van der Waals surface area contributed by atoms with Crippen LogP contribution in [0, 0.1) is 0 Å². The highest BCUT2D eigenvalue weighted by Gasteiger charge is 2.32. The molecule has 0 N–H and O–H groups in total. The molecule has 0 bridgehead atoms. The molecule has 2 saturated heterocycles.